The molecule has 1 N–H and O–H groups in total. The van der Waals surface area contributed by atoms with Crippen molar-refractivity contribution in [2.75, 3.05) is 5.75 Å². The van der Waals surface area contributed by atoms with Gasteiger partial charge in [0.15, 0.2) is 0 Å². The molecule has 1 aliphatic heterocycles. The van der Waals surface area contributed by atoms with Gasteiger partial charge >= 0.3 is 0 Å². The van der Waals surface area contributed by atoms with Crippen molar-refractivity contribution in [2.45, 2.75) is 17.4 Å². The molecule has 6 heteroatoms. The lowest BCUT2D eigenvalue weighted by molar-refractivity contribution is 0.0933. The Balaban J connectivity index is 1.66. The molecule has 0 radical (unpaired) electrons. The summed E-state index contributed by atoms with van der Waals surface area (Å²) < 4.78 is 1.39. The molecular formula is C18H15N3O2S. The number of thioether (sulfide) groups is 1. The molecule has 3 heterocycles. The number of hydrogen-bond acceptors (Lipinski definition) is 4. The highest BCUT2D eigenvalue weighted by Crippen LogP contribution is 2.35. The van der Waals surface area contributed by atoms with E-state index in [2.05, 4.69) is 16.4 Å². The second-order valence-electron chi connectivity index (χ2n) is 5.61. The Bertz CT molecular complexity index is 983. The zero-order chi connectivity index (χ0) is 16.5. The minimum Gasteiger partial charge on any atom is -0.345 e. The van der Waals surface area contributed by atoms with Crippen LogP contribution < -0.4 is 10.9 Å². The van der Waals surface area contributed by atoms with Crippen molar-refractivity contribution in [3.63, 3.8) is 0 Å². The van der Waals surface area contributed by atoms with E-state index in [0.29, 0.717) is 5.65 Å². The number of amides is 1. The summed E-state index contributed by atoms with van der Waals surface area (Å²) >= 11 is 1.79. The van der Waals surface area contributed by atoms with Crippen LogP contribution in [0.5, 0.6) is 0 Å². The predicted molar refractivity (Wildman–Crippen MR) is 93.5 cm³/mol. The Morgan fingerprint density at radius 2 is 2.04 bits per heavy atom. The standard InChI is InChI=1S/C18H15N3O2S/c22-17(13-11-19-16-7-3-4-9-21(16)18(13)23)20-14-8-10-24-15-6-2-1-5-12(14)15/h1-7,9,11,14H,8,10H2,(H,20,22)/t14-/m0/s1. The Labute approximate surface area is 142 Å². The smallest absolute Gasteiger partial charge is 0.270 e. The van der Waals surface area contributed by atoms with Gasteiger partial charge in [-0.05, 0) is 30.2 Å². The van der Waals surface area contributed by atoms with Gasteiger partial charge in [0, 0.05) is 23.0 Å². The summed E-state index contributed by atoms with van der Waals surface area (Å²) in [4.78, 5) is 30.5. The molecule has 0 saturated heterocycles. The van der Waals surface area contributed by atoms with Gasteiger partial charge in [0.1, 0.15) is 11.2 Å². The van der Waals surface area contributed by atoms with Gasteiger partial charge in [-0.1, -0.05) is 24.3 Å². The van der Waals surface area contributed by atoms with Gasteiger partial charge in [-0.3, -0.25) is 14.0 Å². The Morgan fingerprint density at radius 3 is 2.96 bits per heavy atom. The molecule has 1 aliphatic rings. The van der Waals surface area contributed by atoms with Crippen molar-refractivity contribution in [3.8, 4) is 0 Å². The van der Waals surface area contributed by atoms with Gasteiger partial charge in [0.05, 0.1) is 6.04 Å². The first-order chi connectivity index (χ1) is 11.7. The molecule has 0 aliphatic carbocycles. The van der Waals surface area contributed by atoms with Gasteiger partial charge in [0.2, 0.25) is 0 Å². The lowest BCUT2D eigenvalue weighted by Crippen LogP contribution is -2.35. The number of carbonyl (C=O) groups is 1. The van der Waals surface area contributed by atoms with Crippen LogP contribution in [-0.4, -0.2) is 21.0 Å². The first-order valence-electron chi connectivity index (χ1n) is 7.73. The quantitative estimate of drug-likeness (QED) is 0.781. The molecule has 24 heavy (non-hydrogen) atoms. The SMILES string of the molecule is O=C(N[C@H]1CCSc2ccccc21)c1cnc2ccccn2c1=O. The molecule has 1 aromatic carbocycles. The van der Waals surface area contributed by atoms with Crippen LogP contribution in [0, 0.1) is 0 Å². The zero-order valence-corrected chi connectivity index (χ0v) is 13.6. The maximum absolute atomic E-state index is 12.6. The highest BCUT2D eigenvalue weighted by Gasteiger charge is 2.23. The number of pyridine rings is 1. The van der Waals surface area contributed by atoms with Crippen molar-refractivity contribution < 1.29 is 4.79 Å². The summed E-state index contributed by atoms with van der Waals surface area (Å²) in [6, 6.07) is 13.3. The molecule has 0 unspecified atom stereocenters. The van der Waals surface area contributed by atoms with E-state index in [1.807, 2.05) is 18.2 Å². The van der Waals surface area contributed by atoms with Crippen LogP contribution in [0.1, 0.15) is 28.4 Å². The first kappa shape index (κ1) is 15.0. The van der Waals surface area contributed by atoms with Crippen molar-refractivity contribution in [3.05, 3.63) is 76.3 Å². The lowest BCUT2D eigenvalue weighted by Gasteiger charge is -2.25. The molecule has 1 amide bonds. The topological polar surface area (TPSA) is 63.5 Å². The van der Waals surface area contributed by atoms with Gasteiger partial charge in [-0.25, -0.2) is 4.98 Å². The van der Waals surface area contributed by atoms with Crippen molar-refractivity contribution in [1.29, 1.82) is 0 Å². The number of hydrogen-bond donors (Lipinski definition) is 1. The molecule has 0 spiro atoms. The third-order valence-corrected chi connectivity index (χ3v) is 5.24. The van der Waals surface area contributed by atoms with Crippen LogP contribution in [0.2, 0.25) is 0 Å². The van der Waals surface area contributed by atoms with Crippen LogP contribution in [0.3, 0.4) is 0 Å². The molecule has 4 rings (SSSR count). The fourth-order valence-corrected chi connectivity index (χ4v) is 4.04. The normalized spacial score (nSPS) is 16.6. The van der Waals surface area contributed by atoms with E-state index >= 15 is 0 Å². The molecule has 5 nitrogen and oxygen atoms in total. The van der Waals surface area contributed by atoms with Crippen molar-refractivity contribution in [2.24, 2.45) is 0 Å². The molecule has 3 aromatic rings. The summed E-state index contributed by atoms with van der Waals surface area (Å²) in [5.41, 5.74) is 1.35. The maximum atomic E-state index is 12.6. The maximum Gasteiger partial charge on any atom is 0.270 e. The Morgan fingerprint density at radius 1 is 1.21 bits per heavy atom. The minimum atomic E-state index is -0.377. The number of rotatable bonds is 2. The summed E-state index contributed by atoms with van der Waals surface area (Å²) in [5, 5.41) is 2.99. The summed E-state index contributed by atoms with van der Waals surface area (Å²) in [6.07, 6.45) is 3.82. The van der Waals surface area contributed by atoms with E-state index in [-0.39, 0.29) is 23.1 Å². The van der Waals surface area contributed by atoms with Gasteiger partial charge in [0.25, 0.3) is 11.5 Å². The lowest BCUT2D eigenvalue weighted by atomic mass is 10.0. The van der Waals surface area contributed by atoms with E-state index in [1.165, 1.54) is 15.5 Å². The van der Waals surface area contributed by atoms with Crippen LogP contribution in [-0.2, 0) is 0 Å². The molecule has 1 atom stereocenters. The number of aromatic nitrogens is 2. The number of nitrogens with one attached hydrogen (secondary N) is 1. The molecule has 2 aromatic heterocycles. The number of carbonyl (C=O) groups excluding carboxylic acids is 1. The number of fused-ring (bicyclic) bond motifs is 2. The second-order valence-corrected chi connectivity index (χ2v) is 6.74. The third kappa shape index (κ3) is 2.59. The summed E-state index contributed by atoms with van der Waals surface area (Å²) in [7, 11) is 0. The van der Waals surface area contributed by atoms with E-state index in [1.54, 1.807) is 36.2 Å². The average molecular weight is 337 g/mol. The Kier molecular flexibility index (Phi) is 3.82. The minimum absolute atomic E-state index is 0.0643. The summed E-state index contributed by atoms with van der Waals surface area (Å²) in [6.45, 7) is 0. The van der Waals surface area contributed by atoms with Gasteiger partial charge in [-0.15, -0.1) is 11.8 Å². The number of nitrogens with zero attached hydrogens (tertiary/aromatic N) is 2. The highest BCUT2D eigenvalue weighted by atomic mass is 32.2. The van der Waals surface area contributed by atoms with E-state index in [9.17, 15) is 9.59 Å². The van der Waals surface area contributed by atoms with Gasteiger partial charge in [-0.2, -0.15) is 0 Å². The second kappa shape index (κ2) is 6.13. The molecule has 0 fully saturated rings. The average Bonchev–Trinajstić information content (AvgIpc) is 2.62. The zero-order valence-electron chi connectivity index (χ0n) is 12.8. The van der Waals surface area contributed by atoms with Crippen LogP contribution in [0.25, 0.3) is 5.65 Å². The van der Waals surface area contributed by atoms with Crippen molar-refractivity contribution >= 4 is 23.3 Å². The number of benzene rings is 1. The van der Waals surface area contributed by atoms with E-state index < -0.39 is 0 Å². The summed E-state index contributed by atoms with van der Waals surface area (Å²) in [5.74, 6) is 0.564. The fraction of sp³-hybridized carbons (Fsp3) is 0.167. The molecule has 0 saturated carbocycles. The van der Waals surface area contributed by atoms with Crippen LogP contribution in [0.15, 0.2) is 64.5 Å². The first-order valence-corrected chi connectivity index (χ1v) is 8.71. The molecule has 0 bridgehead atoms. The van der Waals surface area contributed by atoms with Crippen molar-refractivity contribution in [1.82, 2.24) is 14.7 Å². The van der Waals surface area contributed by atoms with Crippen LogP contribution in [0.4, 0.5) is 0 Å². The Hall–Kier alpha value is -2.60. The van der Waals surface area contributed by atoms with E-state index in [0.717, 1.165) is 17.7 Å². The van der Waals surface area contributed by atoms with Gasteiger partial charge < -0.3 is 5.32 Å². The monoisotopic (exact) mass is 337 g/mol. The largest absolute Gasteiger partial charge is 0.345 e. The van der Waals surface area contributed by atoms with E-state index in [4.69, 9.17) is 0 Å². The fourth-order valence-electron chi connectivity index (χ4n) is 2.91. The third-order valence-electron chi connectivity index (χ3n) is 4.12. The highest BCUT2D eigenvalue weighted by molar-refractivity contribution is 7.99. The molecule has 120 valence electrons. The van der Waals surface area contributed by atoms with Crippen LogP contribution >= 0.6 is 11.8 Å². The predicted octanol–water partition coefficient (Wildman–Crippen LogP) is 2.66. The molecular weight excluding hydrogens is 322 g/mol.